The van der Waals surface area contributed by atoms with Crippen molar-refractivity contribution in [2.24, 2.45) is 0 Å². The summed E-state index contributed by atoms with van der Waals surface area (Å²) in [6.45, 7) is 9.74. The zero-order valence-corrected chi connectivity index (χ0v) is 13.7. The topological polar surface area (TPSA) is 39.7 Å². The summed E-state index contributed by atoms with van der Waals surface area (Å²) in [4.78, 5) is 2.74. The normalized spacial score (nSPS) is 11.2. The number of ether oxygens (including phenoxy) is 3. The monoisotopic (exact) mass is 301 g/mol. The Kier molecular flexibility index (Phi) is 9.87. The molecule has 0 atom stereocenters. The summed E-state index contributed by atoms with van der Waals surface area (Å²) in [7, 11) is 1.68. The fourth-order valence-corrected chi connectivity index (χ4v) is 2.77. The fraction of sp³-hybridized carbons (Fsp3) is 0.733. The lowest BCUT2D eigenvalue weighted by Crippen LogP contribution is -2.10. The summed E-state index contributed by atoms with van der Waals surface area (Å²) in [5.41, 5.74) is 1.31. The van der Waals surface area contributed by atoms with Crippen molar-refractivity contribution in [2.75, 3.05) is 40.1 Å². The summed E-state index contributed by atoms with van der Waals surface area (Å²) >= 11 is 1.85. The van der Waals surface area contributed by atoms with Crippen LogP contribution in [0, 0.1) is 6.92 Å². The smallest absolute Gasteiger partial charge is 0.0727 e. The molecule has 1 aromatic rings. The lowest BCUT2D eigenvalue weighted by molar-refractivity contribution is 0.0483. The largest absolute Gasteiger partial charge is 0.382 e. The van der Waals surface area contributed by atoms with E-state index in [1.165, 1.54) is 15.3 Å². The second kappa shape index (κ2) is 11.2. The molecule has 1 heterocycles. The van der Waals surface area contributed by atoms with Crippen LogP contribution in [0.15, 0.2) is 6.07 Å². The van der Waals surface area contributed by atoms with Gasteiger partial charge in [-0.05, 0) is 31.5 Å². The molecule has 0 aliphatic rings. The van der Waals surface area contributed by atoms with Crippen LogP contribution in [-0.2, 0) is 27.4 Å². The van der Waals surface area contributed by atoms with Gasteiger partial charge in [-0.25, -0.2) is 0 Å². The lowest BCUT2D eigenvalue weighted by atomic mass is 10.2. The minimum absolute atomic E-state index is 0.656. The van der Waals surface area contributed by atoms with Crippen molar-refractivity contribution >= 4 is 11.3 Å². The van der Waals surface area contributed by atoms with E-state index in [2.05, 4.69) is 25.2 Å². The highest BCUT2D eigenvalue weighted by molar-refractivity contribution is 7.12. The number of nitrogens with one attached hydrogen (secondary N) is 1. The number of hydrogen-bond donors (Lipinski definition) is 1. The first-order valence-electron chi connectivity index (χ1n) is 7.21. The molecule has 0 aromatic carbocycles. The van der Waals surface area contributed by atoms with Crippen LogP contribution in [0.3, 0.4) is 0 Å². The van der Waals surface area contributed by atoms with E-state index in [0.717, 1.165) is 32.7 Å². The van der Waals surface area contributed by atoms with Crippen molar-refractivity contribution in [1.29, 1.82) is 0 Å². The van der Waals surface area contributed by atoms with Crippen LogP contribution in [0.2, 0.25) is 0 Å². The Morgan fingerprint density at radius 3 is 2.70 bits per heavy atom. The number of methoxy groups -OCH3 is 1. The average molecular weight is 301 g/mol. The molecule has 0 saturated carbocycles. The van der Waals surface area contributed by atoms with Crippen molar-refractivity contribution in [3.8, 4) is 0 Å². The van der Waals surface area contributed by atoms with E-state index >= 15 is 0 Å². The molecule has 0 aliphatic heterocycles. The van der Waals surface area contributed by atoms with Gasteiger partial charge in [-0.2, -0.15) is 0 Å². The first kappa shape index (κ1) is 17.6. The zero-order chi connectivity index (χ0) is 14.6. The third kappa shape index (κ3) is 7.36. The maximum absolute atomic E-state index is 5.70. The van der Waals surface area contributed by atoms with Crippen molar-refractivity contribution in [1.82, 2.24) is 5.32 Å². The number of hydrogen-bond acceptors (Lipinski definition) is 5. The molecular weight excluding hydrogens is 274 g/mol. The molecule has 0 bridgehead atoms. The van der Waals surface area contributed by atoms with E-state index < -0.39 is 0 Å². The summed E-state index contributed by atoms with van der Waals surface area (Å²) in [5.74, 6) is 0. The molecule has 1 aromatic heterocycles. The van der Waals surface area contributed by atoms with Gasteiger partial charge in [-0.15, -0.1) is 11.3 Å². The van der Waals surface area contributed by atoms with E-state index in [9.17, 15) is 0 Å². The Bertz CT molecular complexity index is 355. The van der Waals surface area contributed by atoms with Crippen LogP contribution in [-0.4, -0.2) is 40.1 Å². The van der Waals surface area contributed by atoms with E-state index in [-0.39, 0.29) is 0 Å². The van der Waals surface area contributed by atoms with Crippen molar-refractivity contribution < 1.29 is 14.2 Å². The van der Waals surface area contributed by atoms with Crippen LogP contribution >= 0.6 is 11.3 Å². The molecule has 1 rings (SSSR count). The molecule has 0 saturated heterocycles. The van der Waals surface area contributed by atoms with Gasteiger partial charge in [0.05, 0.1) is 19.8 Å². The number of thiophene rings is 1. The van der Waals surface area contributed by atoms with Gasteiger partial charge in [0.2, 0.25) is 0 Å². The second-order valence-corrected chi connectivity index (χ2v) is 5.93. The van der Waals surface area contributed by atoms with Crippen LogP contribution in [0.25, 0.3) is 0 Å². The molecule has 0 aliphatic carbocycles. The highest BCUT2D eigenvalue weighted by Gasteiger charge is 2.05. The second-order valence-electron chi connectivity index (χ2n) is 4.59. The number of rotatable bonds is 12. The Morgan fingerprint density at radius 1 is 1.15 bits per heavy atom. The van der Waals surface area contributed by atoms with Gasteiger partial charge in [-0.3, -0.25) is 0 Å². The molecule has 0 spiro atoms. The summed E-state index contributed by atoms with van der Waals surface area (Å²) in [6, 6.07) is 2.25. The summed E-state index contributed by atoms with van der Waals surface area (Å²) in [5, 5.41) is 3.35. The quantitative estimate of drug-likeness (QED) is 0.603. The van der Waals surface area contributed by atoms with Crippen molar-refractivity contribution in [2.45, 2.75) is 33.4 Å². The van der Waals surface area contributed by atoms with Gasteiger partial charge in [0, 0.05) is 36.6 Å². The lowest BCUT2D eigenvalue weighted by Gasteiger charge is -2.05. The molecule has 0 amide bonds. The first-order chi connectivity index (χ1) is 9.77. The molecule has 0 fully saturated rings. The van der Waals surface area contributed by atoms with Gasteiger partial charge in [-0.1, -0.05) is 6.92 Å². The SMILES string of the molecule is CCNCc1cc(COCCCOCCOC)c(C)s1. The molecule has 116 valence electrons. The van der Waals surface area contributed by atoms with Gasteiger partial charge >= 0.3 is 0 Å². The maximum atomic E-state index is 5.70. The third-order valence-electron chi connectivity index (χ3n) is 2.89. The predicted octanol–water partition coefficient (Wildman–Crippen LogP) is 2.74. The molecular formula is C15H27NO3S. The fourth-order valence-electron chi connectivity index (χ4n) is 1.76. The van der Waals surface area contributed by atoms with Crippen LogP contribution < -0.4 is 5.32 Å². The highest BCUT2D eigenvalue weighted by atomic mass is 32.1. The Hall–Kier alpha value is -0.460. The van der Waals surface area contributed by atoms with Gasteiger partial charge < -0.3 is 19.5 Å². The minimum atomic E-state index is 0.656. The minimum Gasteiger partial charge on any atom is -0.382 e. The maximum Gasteiger partial charge on any atom is 0.0727 e. The molecule has 0 radical (unpaired) electrons. The third-order valence-corrected chi connectivity index (χ3v) is 3.98. The van der Waals surface area contributed by atoms with E-state index in [1.807, 2.05) is 11.3 Å². The van der Waals surface area contributed by atoms with Crippen LogP contribution in [0.5, 0.6) is 0 Å². The van der Waals surface area contributed by atoms with Crippen LogP contribution in [0.4, 0.5) is 0 Å². The Balaban J connectivity index is 2.10. The van der Waals surface area contributed by atoms with Gasteiger partial charge in [0.25, 0.3) is 0 Å². The summed E-state index contributed by atoms with van der Waals surface area (Å²) in [6.07, 6.45) is 0.928. The molecule has 5 heteroatoms. The first-order valence-corrected chi connectivity index (χ1v) is 8.03. The van der Waals surface area contributed by atoms with Crippen molar-refractivity contribution in [3.63, 3.8) is 0 Å². The molecule has 0 unspecified atom stereocenters. The van der Waals surface area contributed by atoms with Gasteiger partial charge in [0.15, 0.2) is 0 Å². The standard InChI is InChI=1S/C15H27NO3S/c1-4-16-11-15-10-14(13(2)20-15)12-19-7-5-6-18-9-8-17-3/h10,16H,4-9,11-12H2,1-3H3. The number of aryl methyl sites for hydroxylation is 1. The van der Waals surface area contributed by atoms with E-state index in [0.29, 0.717) is 19.8 Å². The van der Waals surface area contributed by atoms with Crippen molar-refractivity contribution in [3.05, 3.63) is 21.4 Å². The molecule has 4 nitrogen and oxygen atoms in total. The Labute approximate surface area is 126 Å². The van der Waals surface area contributed by atoms with Crippen LogP contribution in [0.1, 0.15) is 28.7 Å². The predicted molar refractivity (Wildman–Crippen MR) is 83.4 cm³/mol. The Morgan fingerprint density at radius 2 is 1.95 bits per heavy atom. The van der Waals surface area contributed by atoms with Gasteiger partial charge in [0.1, 0.15) is 0 Å². The zero-order valence-electron chi connectivity index (χ0n) is 12.9. The molecule has 1 N–H and O–H groups in total. The van der Waals surface area contributed by atoms with E-state index in [1.54, 1.807) is 7.11 Å². The average Bonchev–Trinajstić information content (AvgIpc) is 2.80. The molecule has 20 heavy (non-hydrogen) atoms. The van der Waals surface area contributed by atoms with E-state index in [4.69, 9.17) is 14.2 Å². The highest BCUT2D eigenvalue weighted by Crippen LogP contribution is 2.22. The summed E-state index contributed by atoms with van der Waals surface area (Å²) < 4.78 is 16.0.